The Balaban J connectivity index is 2.19. The molecule has 82 valence electrons. The molecule has 0 spiro atoms. The van der Waals surface area contributed by atoms with E-state index in [1.807, 2.05) is 0 Å². The monoisotopic (exact) mass is 222 g/mol. The smallest absolute Gasteiger partial charge is 0.255 e. The number of hydrogen-bond donors (Lipinski definition) is 1. The molecule has 1 rings (SSSR count). The van der Waals surface area contributed by atoms with E-state index in [0.717, 1.165) is 13.0 Å². The fourth-order valence-electron chi connectivity index (χ4n) is 1.33. The number of nitrogens with zero attached hydrogens (tertiary/aromatic N) is 1. The van der Waals surface area contributed by atoms with Crippen LogP contribution in [0.1, 0.15) is 20.3 Å². The third kappa shape index (κ3) is 4.26. The summed E-state index contributed by atoms with van der Waals surface area (Å²) in [4.78, 5) is 4.18. The van der Waals surface area contributed by atoms with Gasteiger partial charge in [-0.2, -0.15) is 0 Å². The summed E-state index contributed by atoms with van der Waals surface area (Å²) in [7, 11) is 0. The number of rotatable bonds is 4. The Hall–Kier alpha value is -0.320. The van der Waals surface area contributed by atoms with Crippen molar-refractivity contribution in [2.75, 3.05) is 13.1 Å². The molecule has 5 heteroatoms. The SMILES string of the molecule is CC(C)CC1CN=C(NCC(F)F)S1. The van der Waals surface area contributed by atoms with Crippen molar-refractivity contribution in [3.63, 3.8) is 0 Å². The summed E-state index contributed by atoms with van der Waals surface area (Å²) in [5.41, 5.74) is 0. The Kier molecular flexibility index (Phi) is 4.65. The Morgan fingerprint density at radius 1 is 1.57 bits per heavy atom. The standard InChI is InChI=1S/C9H16F2N2S/c1-6(2)3-7-4-12-9(14-7)13-5-8(10)11/h6-8H,3-5H2,1-2H3,(H,12,13). The molecule has 0 radical (unpaired) electrons. The van der Waals surface area contributed by atoms with Crippen molar-refractivity contribution in [1.82, 2.24) is 5.32 Å². The summed E-state index contributed by atoms with van der Waals surface area (Å²) in [6.45, 7) is 4.78. The van der Waals surface area contributed by atoms with Crippen molar-refractivity contribution < 1.29 is 8.78 Å². The van der Waals surface area contributed by atoms with Crippen LogP contribution in [0.4, 0.5) is 8.78 Å². The largest absolute Gasteiger partial charge is 0.359 e. The van der Waals surface area contributed by atoms with Crippen LogP contribution in [0.3, 0.4) is 0 Å². The summed E-state index contributed by atoms with van der Waals surface area (Å²) in [6.07, 6.45) is -1.21. The van der Waals surface area contributed by atoms with Gasteiger partial charge in [0.25, 0.3) is 6.43 Å². The first kappa shape index (κ1) is 11.8. The molecule has 1 unspecified atom stereocenters. The lowest BCUT2D eigenvalue weighted by Crippen LogP contribution is -2.25. The number of aliphatic imine (C=N–C) groups is 1. The molecule has 1 N–H and O–H groups in total. The van der Waals surface area contributed by atoms with Gasteiger partial charge < -0.3 is 5.32 Å². The second-order valence-corrected chi connectivity index (χ2v) is 5.08. The molecule has 1 aliphatic heterocycles. The van der Waals surface area contributed by atoms with E-state index in [0.29, 0.717) is 16.3 Å². The summed E-state index contributed by atoms with van der Waals surface area (Å²) >= 11 is 1.59. The summed E-state index contributed by atoms with van der Waals surface area (Å²) in [6, 6.07) is 0. The lowest BCUT2D eigenvalue weighted by molar-refractivity contribution is 0.152. The van der Waals surface area contributed by atoms with Gasteiger partial charge in [0.05, 0.1) is 13.1 Å². The van der Waals surface area contributed by atoms with Crippen LogP contribution in [0.2, 0.25) is 0 Å². The Bertz CT molecular complexity index is 207. The molecule has 0 saturated heterocycles. The zero-order valence-corrected chi connectivity index (χ0v) is 9.28. The lowest BCUT2D eigenvalue weighted by Gasteiger charge is -2.10. The minimum atomic E-state index is -2.30. The average Bonchev–Trinajstić information content (AvgIpc) is 2.47. The predicted octanol–water partition coefficient (Wildman–Crippen LogP) is 2.36. The molecule has 0 aliphatic carbocycles. The van der Waals surface area contributed by atoms with E-state index in [1.165, 1.54) is 0 Å². The van der Waals surface area contributed by atoms with E-state index in [-0.39, 0.29) is 6.54 Å². The number of halogens is 2. The molecule has 0 fully saturated rings. The van der Waals surface area contributed by atoms with Gasteiger partial charge in [0.1, 0.15) is 0 Å². The number of thioether (sulfide) groups is 1. The van der Waals surface area contributed by atoms with E-state index in [1.54, 1.807) is 11.8 Å². The lowest BCUT2D eigenvalue weighted by atomic mass is 10.1. The van der Waals surface area contributed by atoms with Gasteiger partial charge in [0.15, 0.2) is 5.17 Å². The first-order valence-electron chi connectivity index (χ1n) is 4.81. The third-order valence-electron chi connectivity index (χ3n) is 1.86. The van der Waals surface area contributed by atoms with Gasteiger partial charge >= 0.3 is 0 Å². The van der Waals surface area contributed by atoms with Crippen LogP contribution in [0.25, 0.3) is 0 Å². The number of amidine groups is 1. The van der Waals surface area contributed by atoms with Gasteiger partial charge in [-0.1, -0.05) is 25.6 Å². The van der Waals surface area contributed by atoms with Crippen molar-refractivity contribution in [3.05, 3.63) is 0 Å². The molecule has 0 aromatic rings. The normalized spacial score (nSPS) is 21.9. The van der Waals surface area contributed by atoms with Gasteiger partial charge in [-0.15, -0.1) is 0 Å². The summed E-state index contributed by atoms with van der Waals surface area (Å²) < 4.78 is 23.7. The summed E-state index contributed by atoms with van der Waals surface area (Å²) in [5, 5.41) is 3.79. The highest BCUT2D eigenvalue weighted by Gasteiger charge is 2.20. The van der Waals surface area contributed by atoms with E-state index in [9.17, 15) is 8.78 Å². The molecular weight excluding hydrogens is 206 g/mol. The zero-order chi connectivity index (χ0) is 10.6. The first-order chi connectivity index (χ1) is 6.58. The predicted molar refractivity (Wildman–Crippen MR) is 57.1 cm³/mol. The van der Waals surface area contributed by atoms with Crippen LogP contribution in [-0.2, 0) is 0 Å². The molecule has 1 atom stereocenters. The molecule has 2 nitrogen and oxygen atoms in total. The first-order valence-corrected chi connectivity index (χ1v) is 5.69. The number of hydrogen-bond acceptors (Lipinski definition) is 3. The second-order valence-electron chi connectivity index (χ2n) is 3.79. The molecule has 0 amide bonds. The van der Waals surface area contributed by atoms with Gasteiger partial charge in [0, 0.05) is 5.25 Å². The highest BCUT2D eigenvalue weighted by atomic mass is 32.2. The van der Waals surface area contributed by atoms with Crippen LogP contribution in [0.5, 0.6) is 0 Å². The van der Waals surface area contributed by atoms with Gasteiger partial charge in [0.2, 0.25) is 0 Å². The van der Waals surface area contributed by atoms with Gasteiger partial charge in [-0.3, -0.25) is 4.99 Å². The van der Waals surface area contributed by atoms with Crippen molar-refractivity contribution in [2.45, 2.75) is 31.9 Å². The molecule has 0 saturated carbocycles. The van der Waals surface area contributed by atoms with Gasteiger partial charge in [-0.25, -0.2) is 8.78 Å². The second kappa shape index (κ2) is 5.53. The van der Waals surface area contributed by atoms with Crippen LogP contribution in [-0.4, -0.2) is 29.9 Å². The Morgan fingerprint density at radius 2 is 2.29 bits per heavy atom. The highest BCUT2D eigenvalue weighted by Crippen LogP contribution is 2.25. The molecule has 0 bridgehead atoms. The summed E-state index contributed by atoms with van der Waals surface area (Å²) in [5.74, 6) is 0.636. The zero-order valence-electron chi connectivity index (χ0n) is 8.46. The minimum Gasteiger partial charge on any atom is -0.359 e. The van der Waals surface area contributed by atoms with Crippen LogP contribution < -0.4 is 5.32 Å². The fourth-order valence-corrected chi connectivity index (χ4v) is 2.59. The molecule has 0 aromatic carbocycles. The van der Waals surface area contributed by atoms with Crippen LogP contribution in [0, 0.1) is 5.92 Å². The molecule has 1 aliphatic rings. The van der Waals surface area contributed by atoms with E-state index in [4.69, 9.17) is 0 Å². The number of alkyl halides is 2. The molecular formula is C9H16F2N2S. The minimum absolute atomic E-state index is 0.291. The molecule has 1 heterocycles. The Labute approximate surface area is 87.6 Å². The van der Waals surface area contributed by atoms with Crippen molar-refractivity contribution in [1.29, 1.82) is 0 Å². The average molecular weight is 222 g/mol. The van der Waals surface area contributed by atoms with E-state index >= 15 is 0 Å². The quantitative estimate of drug-likeness (QED) is 0.789. The molecule has 14 heavy (non-hydrogen) atoms. The van der Waals surface area contributed by atoms with Crippen molar-refractivity contribution in [3.8, 4) is 0 Å². The maximum absolute atomic E-state index is 11.9. The highest BCUT2D eigenvalue weighted by molar-refractivity contribution is 8.14. The van der Waals surface area contributed by atoms with Crippen molar-refractivity contribution >= 4 is 16.9 Å². The van der Waals surface area contributed by atoms with Crippen LogP contribution in [0.15, 0.2) is 4.99 Å². The van der Waals surface area contributed by atoms with E-state index < -0.39 is 6.43 Å². The van der Waals surface area contributed by atoms with Gasteiger partial charge in [-0.05, 0) is 12.3 Å². The maximum atomic E-state index is 11.9. The number of nitrogens with one attached hydrogen (secondary N) is 1. The van der Waals surface area contributed by atoms with Crippen molar-refractivity contribution in [2.24, 2.45) is 10.9 Å². The van der Waals surface area contributed by atoms with Crippen LogP contribution >= 0.6 is 11.8 Å². The molecule has 0 aromatic heterocycles. The van der Waals surface area contributed by atoms with E-state index in [2.05, 4.69) is 24.2 Å². The third-order valence-corrected chi connectivity index (χ3v) is 3.03. The Morgan fingerprint density at radius 3 is 2.86 bits per heavy atom. The fraction of sp³-hybridized carbons (Fsp3) is 0.889. The maximum Gasteiger partial charge on any atom is 0.255 e. The topological polar surface area (TPSA) is 24.4 Å².